The largest absolute Gasteiger partial charge is 0.364 e. The highest BCUT2D eigenvalue weighted by Crippen LogP contribution is 2.28. The summed E-state index contributed by atoms with van der Waals surface area (Å²) in [5.41, 5.74) is 6.24. The zero-order valence-corrected chi connectivity index (χ0v) is 13.1. The van der Waals surface area contributed by atoms with E-state index in [1.54, 1.807) is 0 Å². The molecule has 0 aliphatic carbocycles. The van der Waals surface area contributed by atoms with Gasteiger partial charge in [-0.15, -0.1) is 0 Å². The summed E-state index contributed by atoms with van der Waals surface area (Å²) in [5, 5.41) is 14.4. The van der Waals surface area contributed by atoms with E-state index in [4.69, 9.17) is 0 Å². The third-order valence-electron chi connectivity index (χ3n) is 3.12. The fourth-order valence-corrected chi connectivity index (χ4v) is 1.90. The topological polar surface area (TPSA) is 105 Å². The second-order valence-corrected chi connectivity index (χ2v) is 5.40. The van der Waals surface area contributed by atoms with E-state index in [0.29, 0.717) is 12.5 Å². The molecule has 2 rings (SSSR count). The molecule has 0 aliphatic rings. The van der Waals surface area contributed by atoms with Crippen molar-refractivity contribution in [3.8, 4) is 0 Å². The predicted octanol–water partition coefficient (Wildman–Crippen LogP) is 3.28. The molecule has 0 bridgehead atoms. The van der Waals surface area contributed by atoms with Crippen molar-refractivity contribution in [3.63, 3.8) is 0 Å². The van der Waals surface area contributed by atoms with E-state index in [-0.39, 0.29) is 17.3 Å². The number of rotatable bonds is 8. The zero-order chi connectivity index (χ0) is 16.7. The number of hydrogen-bond acceptors (Lipinski definition) is 7. The van der Waals surface area contributed by atoms with Crippen LogP contribution in [0.4, 0.5) is 23.0 Å². The highest BCUT2D eigenvalue weighted by Gasteiger charge is 2.22. The molecule has 1 aromatic heterocycles. The Morgan fingerprint density at radius 3 is 2.48 bits per heavy atom. The third-order valence-corrected chi connectivity index (χ3v) is 3.12. The lowest BCUT2D eigenvalue weighted by Crippen LogP contribution is -2.15. The van der Waals surface area contributed by atoms with Gasteiger partial charge in [0.15, 0.2) is 0 Å². The molecule has 0 amide bonds. The molecule has 2 aromatic rings. The van der Waals surface area contributed by atoms with E-state index < -0.39 is 4.92 Å². The molecule has 0 fully saturated rings. The molecule has 0 unspecified atom stereocenters. The molecule has 0 radical (unpaired) electrons. The standard InChI is InChI=1S/C15H20N6O2/c1-11(2)8-9-16-14-13(21(22)23)15(18-10-17-14)20-19-12-6-4-3-5-7-12/h3-7,10-11,19H,8-9H2,1-2H3,(H2,16,17,18,20). The van der Waals surface area contributed by atoms with Crippen molar-refractivity contribution in [2.45, 2.75) is 20.3 Å². The lowest BCUT2D eigenvalue weighted by Gasteiger charge is -2.12. The fourth-order valence-electron chi connectivity index (χ4n) is 1.90. The number of hydrogen-bond donors (Lipinski definition) is 3. The number of nitrogens with one attached hydrogen (secondary N) is 3. The van der Waals surface area contributed by atoms with Gasteiger partial charge in [0.2, 0.25) is 11.6 Å². The molecular formula is C15H20N6O2. The number of nitro groups is 1. The second kappa shape index (κ2) is 7.92. The van der Waals surface area contributed by atoms with Crippen molar-refractivity contribution in [2.75, 3.05) is 22.7 Å². The van der Waals surface area contributed by atoms with E-state index in [2.05, 4.69) is 40.0 Å². The minimum absolute atomic E-state index is 0.112. The van der Waals surface area contributed by atoms with Crippen molar-refractivity contribution in [1.29, 1.82) is 0 Å². The maximum absolute atomic E-state index is 11.4. The van der Waals surface area contributed by atoms with Gasteiger partial charge in [0.05, 0.1) is 10.6 Å². The van der Waals surface area contributed by atoms with Gasteiger partial charge >= 0.3 is 5.69 Å². The summed E-state index contributed by atoms with van der Waals surface area (Å²) in [6, 6.07) is 9.27. The summed E-state index contributed by atoms with van der Waals surface area (Å²) in [7, 11) is 0. The zero-order valence-electron chi connectivity index (χ0n) is 13.1. The van der Waals surface area contributed by atoms with Crippen molar-refractivity contribution in [1.82, 2.24) is 9.97 Å². The molecule has 1 aromatic carbocycles. The van der Waals surface area contributed by atoms with Gasteiger partial charge in [-0.3, -0.25) is 21.0 Å². The summed E-state index contributed by atoms with van der Waals surface area (Å²) in [4.78, 5) is 18.8. The third kappa shape index (κ3) is 4.80. The van der Waals surface area contributed by atoms with E-state index >= 15 is 0 Å². The molecule has 1 heterocycles. The quantitative estimate of drug-likeness (QED) is 0.507. The van der Waals surface area contributed by atoms with Crippen LogP contribution in [0.15, 0.2) is 36.7 Å². The first-order valence-corrected chi connectivity index (χ1v) is 7.38. The van der Waals surface area contributed by atoms with E-state index in [9.17, 15) is 10.1 Å². The summed E-state index contributed by atoms with van der Waals surface area (Å²) >= 11 is 0. The van der Waals surface area contributed by atoms with Crippen molar-refractivity contribution >= 4 is 23.0 Å². The Morgan fingerprint density at radius 2 is 1.83 bits per heavy atom. The minimum atomic E-state index is -0.493. The van der Waals surface area contributed by atoms with Gasteiger partial charge in [-0.25, -0.2) is 9.97 Å². The van der Waals surface area contributed by atoms with E-state index in [1.165, 1.54) is 6.33 Å². The Kier molecular flexibility index (Phi) is 5.67. The van der Waals surface area contributed by atoms with Crippen LogP contribution in [-0.4, -0.2) is 21.4 Å². The Labute approximate surface area is 134 Å². The van der Waals surface area contributed by atoms with Gasteiger partial charge in [-0.2, -0.15) is 0 Å². The Hall–Kier alpha value is -2.90. The van der Waals surface area contributed by atoms with Crippen LogP contribution in [0.2, 0.25) is 0 Å². The lowest BCUT2D eigenvalue weighted by molar-refractivity contribution is -0.383. The molecule has 0 spiro atoms. The predicted molar refractivity (Wildman–Crippen MR) is 90.3 cm³/mol. The Bertz CT molecular complexity index is 648. The van der Waals surface area contributed by atoms with Crippen LogP contribution in [0, 0.1) is 16.0 Å². The summed E-state index contributed by atoms with van der Waals surface area (Å²) < 4.78 is 0. The van der Waals surface area contributed by atoms with Crippen LogP contribution >= 0.6 is 0 Å². The van der Waals surface area contributed by atoms with Crippen molar-refractivity contribution < 1.29 is 4.92 Å². The first kappa shape index (κ1) is 16.5. The first-order chi connectivity index (χ1) is 11.1. The van der Waals surface area contributed by atoms with Crippen molar-refractivity contribution in [2.24, 2.45) is 5.92 Å². The number of nitrogens with zero attached hydrogens (tertiary/aromatic N) is 3. The minimum Gasteiger partial charge on any atom is -0.364 e. The average molecular weight is 316 g/mol. The van der Waals surface area contributed by atoms with Crippen LogP contribution < -0.4 is 16.2 Å². The normalized spacial score (nSPS) is 10.4. The van der Waals surface area contributed by atoms with E-state index in [0.717, 1.165) is 12.1 Å². The van der Waals surface area contributed by atoms with E-state index in [1.807, 2.05) is 30.3 Å². The highest BCUT2D eigenvalue weighted by molar-refractivity contribution is 5.70. The summed E-state index contributed by atoms with van der Waals surface area (Å²) in [6.07, 6.45) is 2.19. The molecular weight excluding hydrogens is 296 g/mol. The molecule has 23 heavy (non-hydrogen) atoms. The molecule has 8 nitrogen and oxygen atoms in total. The molecule has 122 valence electrons. The lowest BCUT2D eigenvalue weighted by atomic mass is 10.1. The molecule has 3 N–H and O–H groups in total. The Balaban J connectivity index is 2.13. The molecule has 0 atom stereocenters. The van der Waals surface area contributed by atoms with Gasteiger partial charge in [0.25, 0.3) is 0 Å². The Morgan fingerprint density at radius 1 is 1.13 bits per heavy atom. The summed E-state index contributed by atoms with van der Waals surface area (Å²) in [6.45, 7) is 4.79. The van der Waals surface area contributed by atoms with Crippen LogP contribution in [0.3, 0.4) is 0 Å². The van der Waals surface area contributed by atoms with Crippen LogP contribution in [-0.2, 0) is 0 Å². The van der Waals surface area contributed by atoms with Gasteiger partial charge in [-0.05, 0) is 24.5 Å². The molecule has 0 saturated carbocycles. The maximum Gasteiger partial charge on any atom is 0.354 e. The highest BCUT2D eigenvalue weighted by atomic mass is 16.6. The first-order valence-electron chi connectivity index (χ1n) is 7.38. The SMILES string of the molecule is CC(C)CCNc1ncnc(NNc2ccccc2)c1[N+](=O)[O-]. The van der Waals surface area contributed by atoms with Gasteiger partial charge in [-0.1, -0.05) is 32.0 Å². The van der Waals surface area contributed by atoms with Gasteiger partial charge in [0, 0.05) is 6.54 Å². The number of para-hydroxylation sites is 1. The number of anilines is 3. The van der Waals surface area contributed by atoms with Crippen LogP contribution in [0.25, 0.3) is 0 Å². The van der Waals surface area contributed by atoms with Crippen LogP contribution in [0.5, 0.6) is 0 Å². The molecule has 8 heteroatoms. The van der Waals surface area contributed by atoms with Gasteiger partial charge < -0.3 is 5.32 Å². The number of hydrazine groups is 1. The number of aromatic nitrogens is 2. The average Bonchev–Trinajstić information content (AvgIpc) is 2.53. The maximum atomic E-state index is 11.4. The van der Waals surface area contributed by atoms with Gasteiger partial charge in [0.1, 0.15) is 6.33 Å². The second-order valence-electron chi connectivity index (χ2n) is 5.40. The fraction of sp³-hybridized carbons (Fsp3) is 0.333. The van der Waals surface area contributed by atoms with Crippen molar-refractivity contribution in [3.05, 3.63) is 46.8 Å². The monoisotopic (exact) mass is 316 g/mol. The molecule has 0 aliphatic heterocycles. The van der Waals surface area contributed by atoms with Crippen LogP contribution in [0.1, 0.15) is 20.3 Å². The summed E-state index contributed by atoms with van der Waals surface area (Å²) in [5.74, 6) is 0.824. The molecule has 0 saturated heterocycles. The smallest absolute Gasteiger partial charge is 0.354 e. The number of benzene rings is 1.